The molecule has 5 nitrogen and oxygen atoms in total. The minimum atomic E-state index is -0.224. The first-order valence-electron chi connectivity index (χ1n) is 9.54. The lowest BCUT2D eigenvalue weighted by Gasteiger charge is -2.36. The van der Waals surface area contributed by atoms with Gasteiger partial charge in [-0.05, 0) is 42.3 Å². The molecule has 0 amide bonds. The lowest BCUT2D eigenvalue weighted by Crippen LogP contribution is -2.46. The van der Waals surface area contributed by atoms with Crippen molar-refractivity contribution < 1.29 is 4.39 Å². The summed E-state index contributed by atoms with van der Waals surface area (Å²) in [5.41, 5.74) is 3.57. The second kappa shape index (κ2) is 8.25. The third kappa shape index (κ3) is 4.39. The second-order valence-corrected chi connectivity index (χ2v) is 7.05. The number of nitrogens with one attached hydrogen (secondary N) is 1. The van der Waals surface area contributed by atoms with E-state index >= 15 is 0 Å². The van der Waals surface area contributed by atoms with Gasteiger partial charge in [0.1, 0.15) is 23.8 Å². The van der Waals surface area contributed by atoms with Gasteiger partial charge >= 0.3 is 0 Å². The summed E-state index contributed by atoms with van der Waals surface area (Å²) >= 11 is 0. The van der Waals surface area contributed by atoms with E-state index in [-0.39, 0.29) is 5.82 Å². The smallest absolute Gasteiger partial charge is 0.134 e. The Morgan fingerprint density at radius 2 is 1.68 bits per heavy atom. The highest BCUT2D eigenvalue weighted by atomic mass is 19.1. The average molecular weight is 377 g/mol. The maximum absolute atomic E-state index is 13.0. The fourth-order valence-corrected chi connectivity index (χ4v) is 3.43. The van der Waals surface area contributed by atoms with Crippen LogP contribution in [0.15, 0.2) is 60.9 Å². The largest absolute Gasteiger partial charge is 0.368 e. The fraction of sp³-hybridized carbons (Fsp3) is 0.273. The molecule has 1 aromatic heterocycles. The number of halogens is 1. The Hall–Kier alpha value is -3.15. The van der Waals surface area contributed by atoms with Crippen molar-refractivity contribution >= 4 is 17.3 Å². The van der Waals surface area contributed by atoms with E-state index in [1.54, 1.807) is 18.5 Å². The first-order chi connectivity index (χ1) is 13.7. The highest BCUT2D eigenvalue weighted by molar-refractivity contribution is 5.53. The second-order valence-electron chi connectivity index (χ2n) is 7.05. The molecule has 3 aromatic rings. The lowest BCUT2D eigenvalue weighted by atomic mass is 10.2. The Balaban J connectivity index is 1.36. The van der Waals surface area contributed by atoms with Crippen LogP contribution >= 0.6 is 0 Å². The van der Waals surface area contributed by atoms with E-state index in [0.717, 1.165) is 43.4 Å². The molecule has 144 valence electrons. The highest BCUT2D eigenvalue weighted by Crippen LogP contribution is 2.21. The molecule has 0 atom stereocenters. The fourth-order valence-electron chi connectivity index (χ4n) is 3.43. The Morgan fingerprint density at radius 1 is 0.929 bits per heavy atom. The van der Waals surface area contributed by atoms with Gasteiger partial charge in [0, 0.05) is 44.5 Å². The summed E-state index contributed by atoms with van der Waals surface area (Å²) in [5, 5.41) is 3.29. The van der Waals surface area contributed by atoms with E-state index in [4.69, 9.17) is 0 Å². The van der Waals surface area contributed by atoms with E-state index in [9.17, 15) is 4.39 Å². The summed E-state index contributed by atoms with van der Waals surface area (Å²) in [7, 11) is 0. The van der Waals surface area contributed by atoms with Crippen molar-refractivity contribution in [1.29, 1.82) is 0 Å². The van der Waals surface area contributed by atoms with Gasteiger partial charge in [0.15, 0.2) is 0 Å². The Kier molecular flexibility index (Phi) is 5.37. The Bertz CT molecular complexity index is 920. The first-order valence-corrected chi connectivity index (χ1v) is 9.54. The molecule has 0 spiro atoms. The van der Waals surface area contributed by atoms with Gasteiger partial charge in [0.2, 0.25) is 0 Å². The number of rotatable bonds is 5. The van der Waals surface area contributed by atoms with Crippen molar-refractivity contribution in [3.05, 3.63) is 77.9 Å². The van der Waals surface area contributed by atoms with E-state index in [2.05, 4.69) is 56.3 Å². The van der Waals surface area contributed by atoms with Crippen molar-refractivity contribution in [2.45, 2.75) is 13.5 Å². The van der Waals surface area contributed by atoms with Crippen LogP contribution in [0.1, 0.15) is 11.1 Å². The Labute approximate surface area is 164 Å². The van der Waals surface area contributed by atoms with Gasteiger partial charge in [-0.2, -0.15) is 0 Å². The molecule has 0 radical (unpaired) electrons. The SMILES string of the molecule is Cc1cccc(N2CCN(c3cc(NCc4ccc(F)cc4)ncn3)CC2)c1. The zero-order valence-electron chi connectivity index (χ0n) is 16.0. The standard InChI is InChI=1S/C22H24FN5/c1-17-3-2-4-20(13-17)27-9-11-28(12-10-27)22-14-21(25-16-26-22)24-15-18-5-7-19(23)8-6-18/h2-8,13-14,16H,9-12,15H2,1H3,(H,24,25,26). The van der Waals surface area contributed by atoms with E-state index in [1.807, 2.05) is 6.07 Å². The number of aromatic nitrogens is 2. The number of anilines is 3. The molecule has 2 heterocycles. The van der Waals surface area contributed by atoms with Gasteiger partial charge in [-0.1, -0.05) is 24.3 Å². The van der Waals surface area contributed by atoms with Crippen molar-refractivity contribution in [2.24, 2.45) is 0 Å². The molecule has 1 aliphatic rings. The molecule has 1 aliphatic heterocycles. The van der Waals surface area contributed by atoms with Crippen molar-refractivity contribution in [3.8, 4) is 0 Å². The number of aryl methyl sites for hydroxylation is 1. The zero-order valence-corrected chi connectivity index (χ0v) is 16.0. The van der Waals surface area contributed by atoms with Crippen LogP contribution in [0.25, 0.3) is 0 Å². The van der Waals surface area contributed by atoms with Crippen LogP contribution < -0.4 is 15.1 Å². The normalized spacial score (nSPS) is 14.2. The topological polar surface area (TPSA) is 44.3 Å². The van der Waals surface area contributed by atoms with Gasteiger partial charge in [-0.25, -0.2) is 14.4 Å². The third-order valence-electron chi connectivity index (χ3n) is 5.01. The summed E-state index contributed by atoms with van der Waals surface area (Å²) in [6.45, 7) is 6.49. The molecule has 1 fully saturated rings. The van der Waals surface area contributed by atoms with E-state index in [0.29, 0.717) is 6.54 Å². The van der Waals surface area contributed by atoms with E-state index in [1.165, 1.54) is 23.4 Å². The number of hydrogen-bond donors (Lipinski definition) is 1. The summed E-state index contributed by atoms with van der Waals surface area (Å²) in [4.78, 5) is 13.5. The maximum atomic E-state index is 13.0. The third-order valence-corrected chi connectivity index (χ3v) is 5.01. The van der Waals surface area contributed by atoms with Crippen LogP contribution in [-0.4, -0.2) is 36.1 Å². The first kappa shape index (κ1) is 18.2. The molecule has 28 heavy (non-hydrogen) atoms. The molecule has 2 aromatic carbocycles. The van der Waals surface area contributed by atoms with Crippen molar-refractivity contribution in [2.75, 3.05) is 41.3 Å². The maximum Gasteiger partial charge on any atom is 0.134 e. The number of piperazine rings is 1. The van der Waals surface area contributed by atoms with Crippen LogP contribution in [0.3, 0.4) is 0 Å². The molecule has 1 saturated heterocycles. The minimum absolute atomic E-state index is 0.224. The van der Waals surface area contributed by atoms with Crippen LogP contribution in [0, 0.1) is 12.7 Å². The van der Waals surface area contributed by atoms with Crippen LogP contribution in [0.5, 0.6) is 0 Å². The number of hydrogen-bond acceptors (Lipinski definition) is 5. The zero-order chi connectivity index (χ0) is 19.3. The quantitative estimate of drug-likeness (QED) is 0.731. The summed E-state index contributed by atoms with van der Waals surface area (Å²) in [6.07, 6.45) is 1.59. The van der Waals surface area contributed by atoms with Crippen molar-refractivity contribution in [1.82, 2.24) is 9.97 Å². The molecule has 0 bridgehead atoms. The molecule has 0 saturated carbocycles. The average Bonchev–Trinajstić information content (AvgIpc) is 2.74. The predicted octanol–water partition coefficient (Wildman–Crippen LogP) is 3.86. The molecule has 0 aliphatic carbocycles. The Morgan fingerprint density at radius 3 is 2.43 bits per heavy atom. The molecular weight excluding hydrogens is 353 g/mol. The summed E-state index contributed by atoms with van der Waals surface area (Å²) < 4.78 is 13.0. The van der Waals surface area contributed by atoms with Gasteiger partial charge < -0.3 is 15.1 Å². The highest BCUT2D eigenvalue weighted by Gasteiger charge is 2.18. The van der Waals surface area contributed by atoms with Gasteiger partial charge in [-0.3, -0.25) is 0 Å². The number of benzene rings is 2. The molecule has 6 heteroatoms. The van der Waals surface area contributed by atoms with Gasteiger partial charge in [-0.15, -0.1) is 0 Å². The van der Waals surface area contributed by atoms with E-state index < -0.39 is 0 Å². The van der Waals surface area contributed by atoms with Crippen LogP contribution in [0.2, 0.25) is 0 Å². The summed E-state index contributed by atoms with van der Waals surface area (Å²) in [6, 6.07) is 17.1. The monoisotopic (exact) mass is 377 g/mol. The van der Waals surface area contributed by atoms with Gasteiger partial charge in [0.25, 0.3) is 0 Å². The lowest BCUT2D eigenvalue weighted by molar-refractivity contribution is 0.627. The molecule has 4 rings (SSSR count). The minimum Gasteiger partial charge on any atom is -0.368 e. The van der Waals surface area contributed by atoms with Crippen LogP contribution in [0.4, 0.5) is 21.7 Å². The predicted molar refractivity (Wildman–Crippen MR) is 111 cm³/mol. The molecular formula is C22H24FN5. The van der Waals surface area contributed by atoms with Crippen molar-refractivity contribution in [3.63, 3.8) is 0 Å². The number of nitrogens with zero attached hydrogens (tertiary/aromatic N) is 4. The molecule has 1 N–H and O–H groups in total. The van der Waals surface area contributed by atoms with Crippen LogP contribution in [-0.2, 0) is 6.54 Å². The van der Waals surface area contributed by atoms with Gasteiger partial charge in [0.05, 0.1) is 0 Å². The molecule has 0 unspecified atom stereocenters. The summed E-state index contributed by atoms with van der Waals surface area (Å²) in [5.74, 6) is 1.48.